The van der Waals surface area contributed by atoms with Crippen LogP contribution in [0.15, 0.2) is 42.5 Å². The molecule has 3 aromatic rings. The van der Waals surface area contributed by atoms with Crippen LogP contribution in [0.3, 0.4) is 0 Å². The molecule has 0 unspecified atom stereocenters. The second-order valence-corrected chi connectivity index (χ2v) is 7.29. The minimum atomic E-state index is -0.0105. The first-order chi connectivity index (χ1) is 11.5. The second-order valence-electron chi connectivity index (χ2n) is 6.17. The molecule has 0 saturated heterocycles. The summed E-state index contributed by atoms with van der Waals surface area (Å²) in [7, 11) is 1.94. The highest BCUT2D eigenvalue weighted by atomic mass is 32.1. The van der Waals surface area contributed by atoms with E-state index in [9.17, 15) is 4.79 Å². The van der Waals surface area contributed by atoms with Crippen molar-refractivity contribution in [1.82, 2.24) is 9.88 Å². The molecule has 1 heterocycles. The molecule has 0 atom stereocenters. The molecule has 0 bridgehead atoms. The molecule has 0 fully saturated rings. The van der Waals surface area contributed by atoms with E-state index in [1.807, 2.05) is 56.1 Å². The number of anilines is 1. The van der Waals surface area contributed by atoms with Crippen LogP contribution < -0.4 is 5.32 Å². The van der Waals surface area contributed by atoms with Gasteiger partial charge in [-0.2, -0.15) is 0 Å². The summed E-state index contributed by atoms with van der Waals surface area (Å²) in [6.45, 7) is 5.06. The average molecular weight is 339 g/mol. The summed E-state index contributed by atoms with van der Waals surface area (Å²) in [6.07, 6.45) is 0. The van der Waals surface area contributed by atoms with Gasteiger partial charge in [-0.1, -0.05) is 18.2 Å². The first-order valence-electron chi connectivity index (χ1n) is 7.91. The number of carbonyl (C=O) groups excluding carboxylic acids is 1. The van der Waals surface area contributed by atoms with E-state index < -0.39 is 0 Å². The number of hydrogen-bond acceptors (Lipinski definition) is 4. The minimum Gasteiger partial charge on any atom is -0.325 e. The fourth-order valence-corrected chi connectivity index (χ4v) is 3.81. The molecular formula is C19H21N3OS. The zero-order valence-corrected chi connectivity index (χ0v) is 15.0. The largest absolute Gasteiger partial charge is 0.325 e. The van der Waals surface area contributed by atoms with Gasteiger partial charge in [-0.25, -0.2) is 4.98 Å². The lowest BCUT2D eigenvalue weighted by atomic mass is 10.1. The Bertz CT molecular complexity index is 819. The van der Waals surface area contributed by atoms with Crippen LogP contribution in [-0.2, 0) is 11.3 Å². The van der Waals surface area contributed by atoms with Crippen molar-refractivity contribution in [2.75, 3.05) is 18.9 Å². The van der Waals surface area contributed by atoms with Gasteiger partial charge < -0.3 is 5.32 Å². The van der Waals surface area contributed by atoms with E-state index in [-0.39, 0.29) is 5.91 Å². The minimum absolute atomic E-state index is 0.0105. The van der Waals surface area contributed by atoms with Gasteiger partial charge in [0.05, 0.1) is 23.3 Å². The molecule has 24 heavy (non-hydrogen) atoms. The molecule has 4 nitrogen and oxygen atoms in total. The molecule has 0 aliphatic rings. The summed E-state index contributed by atoms with van der Waals surface area (Å²) in [5.41, 5.74) is 4.16. The molecule has 0 spiro atoms. The third kappa shape index (κ3) is 4.19. The van der Waals surface area contributed by atoms with E-state index in [1.165, 1.54) is 4.70 Å². The Labute approximate surface area is 146 Å². The SMILES string of the molecule is Cc1cc(C)cc(NC(=O)CN(C)Cc2nc3ccccc3s2)c1. The molecule has 3 rings (SSSR count). The lowest BCUT2D eigenvalue weighted by molar-refractivity contribution is -0.117. The summed E-state index contributed by atoms with van der Waals surface area (Å²) in [4.78, 5) is 18.8. The predicted octanol–water partition coefficient (Wildman–Crippen LogP) is 3.98. The van der Waals surface area contributed by atoms with E-state index in [0.29, 0.717) is 13.1 Å². The number of fused-ring (bicyclic) bond motifs is 1. The molecule has 0 saturated carbocycles. The lowest BCUT2D eigenvalue weighted by Crippen LogP contribution is -2.29. The Morgan fingerprint density at radius 2 is 1.88 bits per heavy atom. The average Bonchev–Trinajstić information content (AvgIpc) is 2.87. The highest BCUT2D eigenvalue weighted by Crippen LogP contribution is 2.22. The van der Waals surface area contributed by atoms with Crippen molar-refractivity contribution in [3.63, 3.8) is 0 Å². The first-order valence-corrected chi connectivity index (χ1v) is 8.72. The lowest BCUT2D eigenvalue weighted by Gasteiger charge is -2.15. The van der Waals surface area contributed by atoms with Crippen molar-refractivity contribution >= 4 is 33.1 Å². The molecule has 124 valence electrons. The monoisotopic (exact) mass is 339 g/mol. The van der Waals surface area contributed by atoms with Gasteiger partial charge in [0.15, 0.2) is 0 Å². The van der Waals surface area contributed by atoms with Crippen LogP contribution in [-0.4, -0.2) is 29.4 Å². The number of likely N-dealkylation sites (N-methyl/N-ethyl adjacent to an activating group) is 1. The zero-order chi connectivity index (χ0) is 17.1. The molecule has 0 aliphatic heterocycles. The summed E-state index contributed by atoms with van der Waals surface area (Å²) in [6, 6.07) is 14.2. The van der Waals surface area contributed by atoms with Gasteiger partial charge >= 0.3 is 0 Å². The van der Waals surface area contributed by atoms with Gasteiger partial charge in [0.25, 0.3) is 0 Å². The number of benzene rings is 2. The summed E-state index contributed by atoms with van der Waals surface area (Å²) in [5, 5.41) is 4.00. The Morgan fingerprint density at radius 3 is 2.58 bits per heavy atom. The van der Waals surface area contributed by atoms with E-state index in [1.54, 1.807) is 11.3 Å². The number of nitrogens with zero attached hydrogens (tertiary/aromatic N) is 2. The van der Waals surface area contributed by atoms with Gasteiger partial charge in [-0.3, -0.25) is 9.69 Å². The van der Waals surface area contributed by atoms with Crippen LogP contribution in [0.5, 0.6) is 0 Å². The molecule has 0 aliphatic carbocycles. The maximum atomic E-state index is 12.2. The topological polar surface area (TPSA) is 45.2 Å². The Morgan fingerprint density at radius 1 is 1.17 bits per heavy atom. The molecule has 2 aromatic carbocycles. The van der Waals surface area contributed by atoms with Crippen molar-refractivity contribution in [1.29, 1.82) is 0 Å². The van der Waals surface area contributed by atoms with Crippen LogP contribution in [0.2, 0.25) is 0 Å². The fraction of sp³-hybridized carbons (Fsp3) is 0.263. The normalized spacial score (nSPS) is 11.2. The summed E-state index contributed by atoms with van der Waals surface area (Å²) >= 11 is 1.68. The van der Waals surface area contributed by atoms with Gasteiger partial charge in [-0.05, 0) is 56.3 Å². The van der Waals surface area contributed by atoms with Crippen LogP contribution in [0, 0.1) is 13.8 Å². The number of amides is 1. The number of aromatic nitrogens is 1. The second kappa shape index (κ2) is 7.11. The van der Waals surface area contributed by atoms with Crippen molar-refractivity contribution in [3.8, 4) is 0 Å². The maximum absolute atomic E-state index is 12.2. The fourth-order valence-electron chi connectivity index (χ4n) is 2.77. The van der Waals surface area contributed by atoms with Crippen LogP contribution in [0.1, 0.15) is 16.1 Å². The van der Waals surface area contributed by atoms with Gasteiger partial charge in [0, 0.05) is 5.69 Å². The number of nitrogens with one attached hydrogen (secondary N) is 1. The Balaban J connectivity index is 1.59. The highest BCUT2D eigenvalue weighted by Gasteiger charge is 2.11. The number of rotatable bonds is 5. The Hall–Kier alpha value is -2.24. The summed E-state index contributed by atoms with van der Waals surface area (Å²) < 4.78 is 1.18. The standard InChI is InChI=1S/C19H21N3OS/c1-13-8-14(2)10-15(9-13)20-18(23)11-22(3)12-19-21-16-6-4-5-7-17(16)24-19/h4-10H,11-12H2,1-3H3,(H,20,23). The van der Waals surface area contributed by atoms with E-state index in [4.69, 9.17) is 0 Å². The Kier molecular flexibility index (Phi) is 4.92. The zero-order valence-electron chi connectivity index (χ0n) is 14.2. The van der Waals surface area contributed by atoms with Crippen LogP contribution in [0.25, 0.3) is 10.2 Å². The quantitative estimate of drug-likeness (QED) is 0.764. The third-order valence-corrected chi connectivity index (χ3v) is 4.68. The third-order valence-electron chi connectivity index (χ3n) is 3.66. The van der Waals surface area contributed by atoms with Gasteiger partial charge in [0.2, 0.25) is 5.91 Å². The van der Waals surface area contributed by atoms with Crippen LogP contribution in [0.4, 0.5) is 5.69 Å². The number of thiazole rings is 1. The summed E-state index contributed by atoms with van der Waals surface area (Å²) in [5.74, 6) is -0.0105. The molecule has 1 N–H and O–H groups in total. The van der Waals surface area contributed by atoms with Crippen molar-refractivity contribution in [2.45, 2.75) is 20.4 Å². The molecule has 5 heteroatoms. The molecule has 1 aromatic heterocycles. The number of aryl methyl sites for hydroxylation is 2. The number of para-hydroxylation sites is 1. The van der Waals surface area contributed by atoms with Crippen molar-refractivity contribution < 1.29 is 4.79 Å². The van der Waals surface area contributed by atoms with Gasteiger partial charge in [-0.15, -0.1) is 11.3 Å². The maximum Gasteiger partial charge on any atom is 0.238 e. The highest BCUT2D eigenvalue weighted by molar-refractivity contribution is 7.18. The molecule has 0 radical (unpaired) electrons. The van der Waals surface area contributed by atoms with Crippen LogP contribution >= 0.6 is 11.3 Å². The van der Waals surface area contributed by atoms with Gasteiger partial charge in [0.1, 0.15) is 5.01 Å². The van der Waals surface area contributed by atoms with Crippen molar-refractivity contribution in [3.05, 3.63) is 58.6 Å². The smallest absolute Gasteiger partial charge is 0.238 e. The first kappa shape index (κ1) is 16.6. The molecular weight excluding hydrogens is 318 g/mol. The molecule has 1 amide bonds. The van der Waals surface area contributed by atoms with E-state index in [0.717, 1.165) is 27.3 Å². The predicted molar refractivity (Wildman–Crippen MR) is 100 cm³/mol. The van der Waals surface area contributed by atoms with Crippen molar-refractivity contribution in [2.24, 2.45) is 0 Å². The number of hydrogen-bond donors (Lipinski definition) is 1. The van der Waals surface area contributed by atoms with E-state index in [2.05, 4.69) is 22.4 Å². The van der Waals surface area contributed by atoms with E-state index >= 15 is 0 Å². The number of carbonyl (C=O) groups is 1.